The summed E-state index contributed by atoms with van der Waals surface area (Å²) in [6.07, 6.45) is 1.69. The van der Waals surface area contributed by atoms with E-state index in [4.69, 9.17) is 5.73 Å². The van der Waals surface area contributed by atoms with E-state index in [0.29, 0.717) is 0 Å². The molecule has 0 saturated carbocycles. The zero-order valence-corrected chi connectivity index (χ0v) is 9.14. The number of nitrogens with two attached hydrogens (primary N) is 1. The maximum absolute atomic E-state index is 12.8. The van der Waals surface area contributed by atoms with Crippen LogP contribution in [-0.4, -0.2) is 6.04 Å². The number of halogens is 2. The lowest BCUT2D eigenvalue weighted by molar-refractivity contribution is 0.619. The lowest BCUT2D eigenvalue weighted by Crippen LogP contribution is -2.15. The van der Waals surface area contributed by atoms with E-state index in [9.17, 15) is 4.39 Å². The molecule has 0 spiro atoms. The maximum atomic E-state index is 12.8. The fourth-order valence-electron chi connectivity index (χ4n) is 1.12. The molecule has 1 aromatic carbocycles. The molecule has 0 heterocycles. The Morgan fingerprint density at radius 3 is 2.85 bits per heavy atom. The number of rotatable bonds is 3. The Balaban J connectivity index is 2.70. The minimum absolute atomic E-state index is 0.162. The van der Waals surface area contributed by atoms with Gasteiger partial charge in [0, 0.05) is 10.5 Å². The second-order valence-electron chi connectivity index (χ2n) is 3.25. The van der Waals surface area contributed by atoms with Crippen LogP contribution in [-0.2, 0) is 6.42 Å². The second-order valence-corrected chi connectivity index (χ2v) is 4.11. The van der Waals surface area contributed by atoms with Crippen LogP contribution < -0.4 is 5.73 Å². The first-order chi connectivity index (χ1) is 6.09. The SMILES string of the molecule is CC(N)CCc1cc(F)ccc1Br. The third-order valence-electron chi connectivity index (χ3n) is 1.88. The molecule has 72 valence electrons. The van der Waals surface area contributed by atoms with Crippen molar-refractivity contribution in [3.05, 3.63) is 34.1 Å². The Labute approximate surface area is 86.3 Å². The van der Waals surface area contributed by atoms with E-state index < -0.39 is 0 Å². The monoisotopic (exact) mass is 245 g/mol. The van der Waals surface area contributed by atoms with E-state index in [1.165, 1.54) is 6.07 Å². The summed E-state index contributed by atoms with van der Waals surface area (Å²) in [6, 6.07) is 4.88. The summed E-state index contributed by atoms with van der Waals surface area (Å²) in [5.41, 5.74) is 6.60. The van der Waals surface area contributed by atoms with Gasteiger partial charge in [0.15, 0.2) is 0 Å². The average Bonchev–Trinajstić information content (AvgIpc) is 2.06. The van der Waals surface area contributed by atoms with Crippen LogP contribution in [0.3, 0.4) is 0 Å². The van der Waals surface area contributed by atoms with Crippen molar-refractivity contribution in [3.63, 3.8) is 0 Å². The Hall–Kier alpha value is -0.410. The molecule has 0 bridgehead atoms. The summed E-state index contributed by atoms with van der Waals surface area (Å²) in [4.78, 5) is 0. The predicted molar refractivity (Wildman–Crippen MR) is 56.1 cm³/mol. The van der Waals surface area contributed by atoms with Crippen LogP contribution in [0.5, 0.6) is 0 Å². The molecule has 0 aliphatic heterocycles. The Bertz CT molecular complexity index is 286. The molecule has 0 aliphatic carbocycles. The van der Waals surface area contributed by atoms with Crippen molar-refractivity contribution < 1.29 is 4.39 Å². The van der Waals surface area contributed by atoms with E-state index in [-0.39, 0.29) is 11.9 Å². The molecule has 0 fully saturated rings. The van der Waals surface area contributed by atoms with Crippen molar-refractivity contribution in [2.45, 2.75) is 25.8 Å². The van der Waals surface area contributed by atoms with Gasteiger partial charge in [-0.25, -0.2) is 4.39 Å². The van der Waals surface area contributed by atoms with Crippen LogP contribution in [0.2, 0.25) is 0 Å². The van der Waals surface area contributed by atoms with E-state index in [1.54, 1.807) is 12.1 Å². The maximum Gasteiger partial charge on any atom is 0.123 e. The topological polar surface area (TPSA) is 26.0 Å². The molecule has 1 unspecified atom stereocenters. The highest BCUT2D eigenvalue weighted by Gasteiger charge is 2.02. The second kappa shape index (κ2) is 4.72. The summed E-state index contributed by atoms with van der Waals surface area (Å²) in [6.45, 7) is 1.95. The van der Waals surface area contributed by atoms with Crippen LogP contribution in [0, 0.1) is 5.82 Å². The molecule has 0 aliphatic rings. The molecule has 3 heteroatoms. The first-order valence-electron chi connectivity index (χ1n) is 4.29. The molecular formula is C10H13BrFN. The molecule has 1 rings (SSSR count). The third kappa shape index (κ3) is 3.44. The molecule has 1 nitrogen and oxygen atoms in total. The van der Waals surface area contributed by atoms with E-state index in [0.717, 1.165) is 22.9 Å². The highest BCUT2D eigenvalue weighted by atomic mass is 79.9. The van der Waals surface area contributed by atoms with Crippen molar-refractivity contribution in [3.8, 4) is 0 Å². The van der Waals surface area contributed by atoms with Gasteiger partial charge in [-0.2, -0.15) is 0 Å². The third-order valence-corrected chi connectivity index (χ3v) is 2.65. The van der Waals surface area contributed by atoms with E-state index >= 15 is 0 Å². The van der Waals surface area contributed by atoms with Gasteiger partial charge in [0.25, 0.3) is 0 Å². The summed E-state index contributed by atoms with van der Waals surface area (Å²) in [5.74, 6) is -0.192. The number of hydrogen-bond donors (Lipinski definition) is 1. The quantitative estimate of drug-likeness (QED) is 0.871. The van der Waals surface area contributed by atoms with Crippen molar-refractivity contribution in [2.24, 2.45) is 5.73 Å². The average molecular weight is 246 g/mol. The molecule has 13 heavy (non-hydrogen) atoms. The highest BCUT2D eigenvalue weighted by Crippen LogP contribution is 2.19. The normalized spacial score (nSPS) is 12.9. The number of hydrogen-bond acceptors (Lipinski definition) is 1. The zero-order valence-electron chi connectivity index (χ0n) is 7.56. The van der Waals surface area contributed by atoms with Crippen LogP contribution in [0.15, 0.2) is 22.7 Å². The van der Waals surface area contributed by atoms with Crippen LogP contribution >= 0.6 is 15.9 Å². The van der Waals surface area contributed by atoms with Crippen LogP contribution in [0.4, 0.5) is 4.39 Å². The van der Waals surface area contributed by atoms with Gasteiger partial charge in [-0.1, -0.05) is 15.9 Å². The molecule has 0 amide bonds. The van der Waals surface area contributed by atoms with Crippen molar-refractivity contribution in [1.29, 1.82) is 0 Å². The van der Waals surface area contributed by atoms with Crippen LogP contribution in [0.1, 0.15) is 18.9 Å². The van der Waals surface area contributed by atoms with Gasteiger partial charge in [-0.3, -0.25) is 0 Å². The molecule has 0 aromatic heterocycles. The van der Waals surface area contributed by atoms with Gasteiger partial charge in [0.1, 0.15) is 5.82 Å². The zero-order chi connectivity index (χ0) is 9.84. The molecular weight excluding hydrogens is 233 g/mol. The van der Waals surface area contributed by atoms with Gasteiger partial charge >= 0.3 is 0 Å². The van der Waals surface area contributed by atoms with Gasteiger partial charge in [0.05, 0.1) is 0 Å². The molecule has 0 saturated heterocycles. The Kier molecular flexibility index (Phi) is 3.88. The molecule has 1 aromatic rings. The molecule has 1 atom stereocenters. The molecule has 2 N–H and O–H groups in total. The van der Waals surface area contributed by atoms with Crippen LogP contribution in [0.25, 0.3) is 0 Å². The van der Waals surface area contributed by atoms with E-state index in [1.807, 2.05) is 6.92 Å². The largest absolute Gasteiger partial charge is 0.328 e. The Morgan fingerprint density at radius 1 is 1.54 bits per heavy atom. The van der Waals surface area contributed by atoms with Crippen molar-refractivity contribution >= 4 is 15.9 Å². The summed E-state index contributed by atoms with van der Waals surface area (Å²) in [7, 11) is 0. The standard InChI is InChI=1S/C10H13BrFN/c1-7(13)2-3-8-6-9(12)4-5-10(8)11/h4-7H,2-3,13H2,1H3. The summed E-state index contributed by atoms with van der Waals surface area (Å²) < 4.78 is 13.8. The fourth-order valence-corrected chi connectivity index (χ4v) is 1.56. The summed E-state index contributed by atoms with van der Waals surface area (Å²) in [5, 5.41) is 0. The van der Waals surface area contributed by atoms with Gasteiger partial charge in [0.2, 0.25) is 0 Å². The van der Waals surface area contributed by atoms with Crippen molar-refractivity contribution in [1.82, 2.24) is 0 Å². The highest BCUT2D eigenvalue weighted by molar-refractivity contribution is 9.10. The minimum Gasteiger partial charge on any atom is -0.328 e. The van der Waals surface area contributed by atoms with Gasteiger partial charge in [-0.15, -0.1) is 0 Å². The first-order valence-corrected chi connectivity index (χ1v) is 5.08. The summed E-state index contributed by atoms with van der Waals surface area (Å²) >= 11 is 3.37. The van der Waals surface area contributed by atoms with Gasteiger partial charge < -0.3 is 5.73 Å². The smallest absolute Gasteiger partial charge is 0.123 e. The predicted octanol–water partition coefficient (Wildman–Crippen LogP) is 2.87. The lowest BCUT2D eigenvalue weighted by atomic mass is 10.1. The lowest BCUT2D eigenvalue weighted by Gasteiger charge is -2.06. The van der Waals surface area contributed by atoms with Gasteiger partial charge in [-0.05, 0) is 43.5 Å². The molecule has 0 radical (unpaired) electrons. The van der Waals surface area contributed by atoms with E-state index in [2.05, 4.69) is 15.9 Å². The minimum atomic E-state index is -0.192. The number of aryl methyl sites for hydroxylation is 1. The first kappa shape index (κ1) is 10.7. The Morgan fingerprint density at radius 2 is 2.23 bits per heavy atom. The van der Waals surface area contributed by atoms with Crippen molar-refractivity contribution in [2.75, 3.05) is 0 Å². The number of benzene rings is 1. The fraction of sp³-hybridized carbons (Fsp3) is 0.400.